The van der Waals surface area contributed by atoms with Crippen LogP contribution in [-0.4, -0.2) is 29.6 Å². The molecular formula is C13H19N3O2. The number of nitrogens with zero attached hydrogens (tertiary/aromatic N) is 1. The second kappa shape index (κ2) is 5.93. The van der Waals surface area contributed by atoms with Crippen LogP contribution >= 0.6 is 0 Å². The van der Waals surface area contributed by atoms with Crippen molar-refractivity contribution in [3.63, 3.8) is 0 Å². The number of hydrogen-bond acceptors (Lipinski definition) is 4. The number of aromatic nitrogens is 1. The van der Waals surface area contributed by atoms with Crippen molar-refractivity contribution in [1.82, 2.24) is 10.3 Å². The predicted molar refractivity (Wildman–Crippen MR) is 67.8 cm³/mol. The van der Waals surface area contributed by atoms with Crippen LogP contribution in [0.5, 0.6) is 0 Å². The first-order chi connectivity index (χ1) is 8.70. The number of nitrogens with two attached hydrogens (primary N) is 1. The van der Waals surface area contributed by atoms with Gasteiger partial charge >= 0.3 is 0 Å². The van der Waals surface area contributed by atoms with Gasteiger partial charge in [0.2, 0.25) is 5.91 Å². The third kappa shape index (κ3) is 3.05. The molecule has 1 aliphatic heterocycles. The fraction of sp³-hybridized carbons (Fsp3) is 0.538. The van der Waals surface area contributed by atoms with Gasteiger partial charge in [-0.15, -0.1) is 0 Å². The molecule has 5 nitrogen and oxygen atoms in total. The van der Waals surface area contributed by atoms with E-state index in [2.05, 4.69) is 10.3 Å². The van der Waals surface area contributed by atoms with Gasteiger partial charge in [-0.25, -0.2) is 0 Å². The molecule has 2 atom stereocenters. The number of carbonyl (C=O) groups excluding carboxylic acids is 1. The van der Waals surface area contributed by atoms with Crippen LogP contribution in [0.25, 0.3) is 0 Å². The fourth-order valence-corrected chi connectivity index (χ4v) is 2.06. The van der Waals surface area contributed by atoms with E-state index in [4.69, 9.17) is 10.5 Å². The number of nitrogens with one attached hydrogen (secondary N) is 1. The lowest BCUT2D eigenvalue weighted by molar-refractivity contribution is -0.132. The Hall–Kier alpha value is -1.46. The summed E-state index contributed by atoms with van der Waals surface area (Å²) in [5, 5.41) is 2.86. The maximum atomic E-state index is 11.9. The minimum atomic E-state index is -0.359. The Morgan fingerprint density at radius 1 is 1.61 bits per heavy atom. The van der Waals surface area contributed by atoms with Gasteiger partial charge in [-0.05, 0) is 31.4 Å². The van der Waals surface area contributed by atoms with Crippen molar-refractivity contribution >= 4 is 5.91 Å². The molecule has 5 heteroatoms. The van der Waals surface area contributed by atoms with Crippen LogP contribution in [0.4, 0.5) is 0 Å². The number of aryl methyl sites for hydroxylation is 1. The van der Waals surface area contributed by atoms with Gasteiger partial charge in [-0.2, -0.15) is 0 Å². The monoisotopic (exact) mass is 249 g/mol. The minimum absolute atomic E-state index is 0.0253. The van der Waals surface area contributed by atoms with Gasteiger partial charge in [0.25, 0.3) is 0 Å². The van der Waals surface area contributed by atoms with Crippen LogP contribution in [0.3, 0.4) is 0 Å². The standard InChI is InChI=1S/C13H19N3O2/c1-9-3-2-6-15-11(9)8-16-13(17)12-5-4-10(7-14)18-12/h2-3,6,10,12H,4-5,7-8,14H2,1H3,(H,16,17)/t10-,12+/m1/s1. The highest BCUT2D eigenvalue weighted by atomic mass is 16.5. The van der Waals surface area contributed by atoms with Crippen molar-refractivity contribution < 1.29 is 9.53 Å². The lowest BCUT2D eigenvalue weighted by Gasteiger charge is -2.13. The highest BCUT2D eigenvalue weighted by Gasteiger charge is 2.29. The van der Waals surface area contributed by atoms with E-state index in [9.17, 15) is 4.79 Å². The highest BCUT2D eigenvalue weighted by molar-refractivity contribution is 5.80. The molecule has 1 saturated heterocycles. The summed E-state index contributed by atoms with van der Waals surface area (Å²) in [6, 6.07) is 3.86. The summed E-state index contributed by atoms with van der Waals surface area (Å²) in [6.45, 7) is 2.90. The van der Waals surface area contributed by atoms with Crippen molar-refractivity contribution in [2.45, 2.75) is 38.5 Å². The zero-order valence-corrected chi connectivity index (χ0v) is 10.6. The number of rotatable bonds is 4. The van der Waals surface area contributed by atoms with Crippen molar-refractivity contribution in [2.75, 3.05) is 6.54 Å². The molecule has 3 N–H and O–H groups in total. The Kier molecular flexibility index (Phi) is 4.28. The molecule has 0 unspecified atom stereocenters. The van der Waals surface area contributed by atoms with Gasteiger partial charge in [0.1, 0.15) is 6.10 Å². The van der Waals surface area contributed by atoms with Crippen LogP contribution in [-0.2, 0) is 16.1 Å². The fourth-order valence-electron chi connectivity index (χ4n) is 2.06. The summed E-state index contributed by atoms with van der Waals surface area (Å²) in [6.07, 6.45) is 3.00. The zero-order chi connectivity index (χ0) is 13.0. The van der Waals surface area contributed by atoms with E-state index >= 15 is 0 Å². The summed E-state index contributed by atoms with van der Waals surface area (Å²) < 4.78 is 5.53. The molecule has 1 fully saturated rings. The van der Waals surface area contributed by atoms with Crippen LogP contribution in [0.1, 0.15) is 24.1 Å². The van der Waals surface area contributed by atoms with Gasteiger partial charge in [-0.3, -0.25) is 9.78 Å². The SMILES string of the molecule is Cc1cccnc1CNC(=O)[C@@H]1CC[C@H](CN)O1. The Morgan fingerprint density at radius 2 is 2.44 bits per heavy atom. The summed E-state index contributed by atoms with van der Waals surface area (Å²) in [4.78, 5) is 16.1. The van der Waals surface area contributed by atoms with Crippen molar-refractivity contribution in [3.05, 3.63) is 29.6 Å². The quantitative estimate of drug-likeness (QED) is 0.815. The van der Waals surface area contributed by atoms with Crippen LogP contribution in [0.15, 0.2) is 18.3 Å². The first-order valence-electron chi connectivity index (χ1n) is 6.24. The topological polar surface area (TPSA) is 77.2 Å². The van der Waals surface area contributed by atoms with Gasteiger partial charge in [0.05, 0.1) is 18.3 Å². The van der Waals surface area contributed by atoms with Gasteiger partial charge in [0.15, 0.2) is 0 Å². The lowest BCUT2D eigenvalue weighted by atomic mass is 10.2. The number of pyridine rings is 1. The largest absolute Gasteiger partial charge is 0.364 e. The Labute approximate surface area is 107 Å². The maximum Gasteiger partial charge on any atom is 0.249 e. The normalized spacial score (nSPS) is 23.0. The number of hydrogen-bond donors (Lipinski definition) is 2. The molecule has 0 bridgehead atoms. The van der Waals surface area contributed by atoms with E-state index in [1.807, 2.05) is 19.1 Å². The molecule has 1 aromatic rings. The Morgan fingerprint density at radius 3 is 3.11 bits per heavy atom. The summed E-state index contributed by atoms with van der Waals surface area (Å²) in [7, 11) is 0. The Bertz CT molecular complexity index is 422. The minimum Gasteiger partial charge on any atom is -0.364 e. The first-order valence-corrected chi connectivity index (χ1v) is 6.24. The molecule has 0 aliphatic carbocycles. The van der Waals surface area contributed by atoms with E-state index < -0.39 is 0 Å². The predicted octanol–water partition coefficient (Wildman–Crippen LogP) is 0.513. The van der Waals surface area contributed by atoms with E-state index in [-0.39, 0.29) is 18.1 Å². The van der Waals surface area contributed by atoms with Crippen molar-refractivity contribution in [2.24, 2.45) is 5.73 Å². The van der Waals surface area contributed by atoms with Crippen molar-refractivity contribution in [1.29, 1.82) is 0 Å². The number of ether oxygens (including phenoxy) is 1. The molecule has 0 spiro atoms. The molecule has 1 aliphatic rings. The Balaban J connectivity index is 1.84. The summed E-state index contributed by atoms with van der Waals surface area (Å²) in [5.74, 6) is -0.0731. The second-order valence-corrected chi connectivity index (χ2v) is 4.54. The van der Waals surface area contributed by atoms with Crippen LogP contribution < -0.4 is 11.1 Å². The van der Waals surface area contributed by atoms with Gasteiger partial charge in [0, 0.05) is 12.7 Å². The van der Waals surface area contributed by atoms with E-state index in [0.717, 1.165) is 24.1 Å². The molecule has 1 aromatic heterocycles. The molecule has 98 valence electrons. The van der Waals surface area contributed by atoms with Gasteiger partial charge in [-0.1, -0.05) is 6.07 Å². The molecular weight excluding hydrogens is 230 g/mol. The number of carbonyl (C=O) groups is 1. The van der Waals surface area contributed by atoms with E-state index in [1.54, 1.807) is 6.20 Å². The zero-order valence-electron chi connectivity index (χ0n) is 10.6. The molecule has 2 rings (SSSR count). The first kappa shape index (κ1) is 13.0. The molecule has 18 heavy (non-hydrogen) atoms. The van der Waals surface area contributed by atoms with Crippen LogP contribution in [0, 0.1) is 6.92 Å². The number of amides is 1. The van der Waals surface area contributed by atoms with Crippen LogP contribution in [0.2, 0.25) is 0 Å². The van der Waals surface area contributed by atoms with E-state index in [1.165, 1.54) is 0 Å². The summed E-state index contributed by atoms with van der Waals surface area (Å²) in [5.41, 5.74) is 7.48. The average molecular weight is 249 g/mol. The smallest absolute Gasteiger partial charge is 0.249 e. The molecule has 0 saturated carbocycles. The highest BCUT2D eigenvalue weighted by Crippen LogP contribution is 2.18. The third-order valence-corrected chi connectivity index (χ3v) is 3.21. The van der Waals surface area contributed by atoms with Gasteiger partial charge < -0.3 is 15.8 Å². The average Bonchev–Trinajstić information content (AvgIpc) is 2.86. The molecule has 1 amide bonds. The maximum absolute atomic E-state index is 11.9. The summed E-state index contributed by atoms with van der Waals surface area (Å²) >= 11 is 0. The second-order valence-electron chi connectivity index (χ2n) is 4.54. The van der Waals surface area contributed by atoms with Crippen molar-refractivity contribution in [3.8, 4) is 0 Å². The van der Waals surface area contributed by atoms with E-state index in [0.29, 0.717) is 13.1 Å². The molecule has 2 heterocycles. The third-order valence-electron chi connectivity index (χ3n) is 3.21. The molecule has 0 radical (unpaired) electrons. The molecule has 0 aromatic carbocycles. The lowest BCUT2D eigenvalue weighted by Crippen LogP contribution is -2.35.